The molecule has 0 spiro atoms. The van der Waals surface area contributed by atoms with E-state index in [0.717, 1.165) is 12.8 Å². The highest BCUT2D eigenvalue weighted by Crippen LogP contribution is 2.56. The lowest BCUT2D eigenvalue weighted by Gasteiger charge is -2.32. The Morgan fingerprint density at radius 2 is 1.59 bits per heavy atom. The molecular formula is C23H27F4N3O2. The van der Waals surface area contributed by atoms with Gasteiger partial charge in [-0.2, -0.15) is 0 Å². The minimum absolute atomic E-state index is 0.000338. The molecule has 0 aliphatic heterocycles. The lowest BCUT2D eigenvalue weighted by molar-refractivity contribution is -0.0533. The molecule has 174 valence electrons. The van der Waals surface area contributed by atoms with Crippen LogP contribution in [-0.2, 0) is 0 Å². The molecule has 32 heavy (non-hydrogen) atoms. The van der Waals surface area contributed by atoms with E-state index in [2.05, 4.69) is 9.97 Å². The van der Waals surface area contributed by atoms with Crippen molar-refractivity contribution < 1.29 is 22.4 Å². The number of nitrogens with one attached hydrogen (secondary N) is 1. The predicted molar refractivity (Wildman–Crippen MR) is 112 cm³/mol. The van der Waals surface area contributed by atoms with Crippen molar-refractivity contribution in [2.75, 3.05) is 0 Å². The lowest BCUT2D eigenvalue weighted by Crippen LogP contribution is -2.28. The average Bonchev–Trinajstić information content (AvgIpc) is 3.21. The van der Waals surface area contributed by atoms with Crippen LogP contribution in [0, 0.1) is 23.7 Å². The number of hydrogen-bond acceptors (Lipinski definition) is 3. The normalized spacial score (nSPS) is 28.7. The van der Waals surface area contributed by atoms with Crippen molar-refractivity contribution in [3.05, 3.63) is 40.4 Å². The van der Waals surface area contributed by atoms with Gasteiger partial charge >= 0.3 is 0 Å². The second-order valence-corrected chi connectivity index (χ2v) is 9.50. The molecule has 0 bridgehead atoms. The summed E-state index contributed by atoms with van der Waals surface area (Å²) in [4.78, 5) is 29.0. The van der Waals surface area contributed by atoms with E-state index in [1.165, 1.54) is 18.5 Å². The number of nitrogens with two attached hydrogens (primary N) is 1. The first-order valence-electron chi connectivity index (χ1n) is 11.1. The standard InChI is InChI=1S/C14H20F4.C9H7N3O2/c15-13(16)3-1-9(2-4-13)10-5-11-7-14(17,18)8-12(11)6-10;10-9(14)8-7-5(1-3-12-8)11-4-2-6(7)13/h9-12H,1-8H2;1-4H,(H2,10,14)(H,11,13)/t10?,11-,12+;. The summed E-state index contributed by atoms with van der Waals surface area (Å²) in [5, 5.41) is 0.238. The number of carbonyl (C=O) groups excluding carboxylic acids is 1. The smallest absolute Gasteiger partial charge is 0.268 e. The molecule has 3 fully saturated rings. The zero-order valence-electron chi connectivity index (χ0n) is 17.6. The van der Waals surface area contributed by atoms with E-state index in [4.69, 9.17) is 5.73 Å². The molecule has 3 atom stereocenters. The molecule has 1 amide bonds. The van der Waals surface area contributed by atoms with Gasteiger partial charge in [0.2, 0.25) is 11.8 Å². The first-order chi connectivity index (χ1) is 15.0. The number of alkyl halides is 4. The quantitative estimate of drug-likeness (QED) is 0.634. The molecule has 2 aromatic heterocycles. The number of amides is 1. The maximum atomic E-state index is 13.2. The molecule has 2 heterocycles. The molecule has 0 radical (unpaired) electrons. The molecular weight excluding hydrogens is 426 g/mol. The highest BCUT2D eigenvalue weighted by atomic mass is 19.3. The van der Waals surface area contributed by atoms with Gasteiger partial charge in [0.05, 0.1) is 10.9 Å². The highest BCUT2D eigenvalue weighted by molar-refractivity contribution is 6.03. The van der Waals surface area contributed by atoms with Crippen LogP contribution >= 0.6 is 0 Å². The summed E-state index contributed by atoms with van der Waals surface area (Å²) in [7, 11) is 0. The number of H-pyrrole nitrogens is 1. The van der Waals surface area contributed by atoms with Gasteiger partial charge < -0.3 is 10.7 Å². The van der Waals surface area contributed by atoms with Gasteiger partial charge in [0.1, 0.15) is 5.69 Å². The van der Waals surface area contributed by atoms with E-state index >= 15 is 0 Å². The summed E-state index contributed by atoms with van der Waals surface area (Å²) < 4.78 is 52.7. The number of halogens is 4. The van der Waals surface area contributed by atoms with Crippen molar-refractivity contribution in [3.8, 4) is 0 Å². The third-order valence-electron chi connectivity index (χ3n) is 7.33. The number of carbonyl (C=O) groups is 1. The van der Waals surface area contributed by atoms with Crippen LogP contribution < -0.4 is 11.2 Å². The van der Waals surface area contributed by atoms with Crippen LogP contribution in [-0.4, -0.2) is 27.7 Å². The largest absolute Gasteiger partial charge is 0.364 e. The van der Waals surface area contributed by atoms with Crippen molar-refractivity contribution in [1.29, 1.82) is 0 Å². The predicted octanol–water partition coefficient (Wildman–Crippen LogP) is 4.91. The van der Waals surface area contributed by atoms with Crippen molar-refractivity contribution in [2.45, 2.75) is 63.2 Å². The van der Waals surface area contributed by atoms with E-state index in [9.17, 15) is 27.2 Å². The topological polar surface area (TPSA) is 88.8 Å². The molecule has 5 nitrogen and oxygen atoms in total. The number of aromatic amines is 1. The maximum Gasteiger partial charge on any atom is 0.268 e. The summed E-state index contributed by atoms with van der Waals surface area (Å²) in [6.07, 6.45) is 5.91. The van der Waals surface area contributed by atoms with Gasteiger partial charge in [-0.1, -0.05) is 0 Å². The first kappa shape index (κ1) is 22.7. The van der Waals surface area contributed by atoms with Crippen molar-refractivity contribution in [1.82, 2.24) is 9.97 Å². The van der Waals surface area contributed by atoms with Crippen LogP contribution in [0.5, 0.6) is 0 Å². The SMILES string of the molecule is FC1(F)CCC(C2C[C@@H]3CC(F)(F)C[C@@H]3C2)CC1.NC(=O)c1nccc2[nH]ccc(=O)c12. The van der Waals surface area contributed by atoms with Gasteiger partial charge in [-0.05, 0) is 55.4 Å². The van der Waals surface area contributed by atoms with Gasteiger partial charge in [0.25, 0.3) is 5.91 Å². The number of nitrogens with zero attached hydrogens (tertiary/aromatic N) is 1. The molecule has 2 aromatic rings. The van der Waals surface area contributed by atoms with Gasteiger partial charge in [-0.3, -0.25) is 14.6 Å². The molecule has 0 saturated heterocycles. The molecule has 0 aromatic carbocycles. The van der Waals surface area contributed by atoms with Crippen LogP contribution in [0.25, 0.3) is 10.9 Å². The monoisotopic (exact) mass is 453 g/mol. The summed E-state index contributed by atoms with van der Waals surface area (Å²) in [6.45, 7) is 0. The number of rotatable bonds is 2. The Bertz CT molecular complexity index is 1020. The Balaban J connectivity index is 0.000000158. The van der Waals surface area contributed by atoms with E-state index < -0.39 is 17.8 Å². The molecule has 9 heteroatoms. The number of pyridine rings is 2. The minimum atomic E-state index is -2.47. The Morgan fingerprint density at radius 1 is 0.969 bits per heavy atom. The Hall–Kier alpha value is -2.45. The van der Waals surface area contributed by atoms with Crippen LogP contribution in [0.1, 0.15) is 61.9 Å². The van der Waals surface area contributed by atoms with E-state index in [1.807, 2.05) is 0 Å². The lowest BCUT2D eigenvalue weighted by atomic mass is 9.77. The average molecular weight is 453 g/mol. The first-order valence-corrected chi connectivity index (χ1v) is 11.1. The van der Waals surface area contributed by atoms with Crippen molar-refractivity contribution in [2.24, 2.45) is 29.4 Å². The van der Waals surface area contributed by atoms with Gasteiger partial charge in [0, 0.05) is 44.1 Å². The third-order valence-corrected chi connectivity index (χ3v) is 7.33. The number of hydrogen-bond donors (Lipinski definition) is 2. The summed E-state index contributed by atoms with van der Waals surface area (Å²) in [5.74, 6) is -4.51. The van der Waals surface area contributed by atoms with E-state index in [0.29, 0.717) is 30.2 Å². The Kier molecular flexibility index (Phi) is 6.02. The summed E-state index contributed by atoms with van der Waals surface area (Å²) >= 11 is 0. The number of aromatic nitrogens is 2. The number of primary amides is 1. The van der Waals surface area contributed by atoms with Crippen LogP contribution in [0.3, 0.4) is 0 Å². The van der Waals surface area contributed by atoms with Gasteiger partial charge in [-0.25, -0.2) is 17.6 Å². The Labute approximate surface area is 182 Å². The molecule has 3 saturated carbocycles. The fourth-order valence-electron chi connectivity index (χ4n) is 5.84. The van der Waals surface area contributed by atoms with Crippen molar-refractivity contribution >= 4 is 16.8 Å². The van der Waals surface area contributed by atoms with Crippen molar-refractivity contribution in [3.63, 3.8) is 0 Å². The van der Waals surface area contributed by atoms with Gasteiger partial charge in [-0.15, -0.1) is 0 Å². The third kappa shape index (κ3) is 4.81. The molecule has 1 unspecified atom stereocenters. The molecule has 3 N–H and O–H groups in total. The highest BCUT2D eigenvalue weighted by Gasteiger charge is 2.52. The zero-order valence-corrected chi connectivity index (χ0v) is 17.6. The Morgan fingerprint density at radius 3 is 2.19 bits per heavy atom. The fraction of sp³-hybridized carbons (Fsp3) is 0.609. The fourth-order valence-corrected chi connectivity index (χ4v) is 5.84. The van der Waals surface area contributed by atoms with E-state index in [-0.39, 0.29) is 54.0 Å². The van der Waals surface area contributed by atoms with Crippen LogP contribution in [0.2, 0.25) is 0 Å². The molecule has 3 aliphatic carbocycles. The summed E-state index contributed by atoms with van der Waals surface area (Å²) in [5.41, 5.74) is 5.39. The zero-order chi connectivity index (χ0) is 23.1. The summed E-state index contributed by atoms with van der Waals surface area (Å²) in [6, 6.07) is 2.94. The van der Waals surface area contributed by atoms with Crippen LogP contribution in [0.4, 0.5) is 17.6 Å². The van der Waals surface area contributed by atoms with Crippen LogP contribution in [0.15, 0.2) is 29.3 Å². The minimum Gasteiger partial charge on any atom is -0.364 e. The second kappa shape index (κ2) is 8.48. The number of fused-ring (bicyclic) bond motifs is 2. The molecule has 5 rings (SSSR count). The second-order valence-electron chi connectivity index (χ2n) is 9.50. The molecule has 3 aliphatic rings. The maximum absolute atomic E-state index is 13.2. The van der Waals surface area contributed by atoms with Gasteiger partial charge in [0.15, 0.2) is 5.43 Å². The van der Waals surface area contributed by atoms with E-state index in [1.54, 1.807) is 6.07 Å².